The number of aromatic nitrogens is 3. The summed E-state index contributed by atoms with van der Waals surface area (Å²) in [6, 6.07) is 4.44. The van der Waals surface area contributed by atoms with Gasteiger partial charge < -0.3 is 9.30 Å². The van der Waals surface area contributed by atoms with E-state index in [4.69, 9.17) is 16.3 Å². The van der Waals surface area contributed by atoms with Crippen LogP contribution in [0.15, 0.2) is 23.1 Å². The van der Waals surface area contributed by atoms with Gasteiger partial charge in [0.05, 0.1) is 23.6 Å². The van der Waals surface area contributed by atoms with Gasteiger partial charge in [-0.05, 0) is 25.1 Å². The van der Waals surface area contributed by atoms with Crippen molar-refractivity contribution in [3.63, 3.8) is 0 Å². The molecule has 2 aromatic rings. The Hall–Kier alpha value is -1.64. The summed E-state index contributed by atoms with van der Waals surface area (Å²) >= 11 is 6.02. The van der Waals surface area contributed by atoms with Gasteiger partial charge in [0.2, 0.25) is 10.0 Å². The standard InChI is InChI=1S/C13H15ClN4O3S/c1-9-15-16-13-8-17(5-6-18(9)13)22(19,20)10-3-4-12(21-2)11(14)7-10/h3-4,7H,5-6,8H2,1-2H3. The molecule has 22 heavy (non-hydrogen) atoms. The summed E-state index contributed by atoms with van der Waals surface area (Å²) in [6.45, 7) is 2.96. The molecule has 7 nitrogen and oxygen atoms in total. The molecule has 1 aromatic carbocycles. The molecule has 0 fully saturated rings. The molecule has 3 rings (SSSR count). The topological polar surface area (TPSA) is 77.3 Å². The third-order valence-corrected chi connectivity index (χ3v) is 5.80. The molecule has 0 unspecified atom stereocenters. The first kappa shape index (κ1) is 15.3. The van der Waals surface area contributed by atoms with Crippen molar-refractivity contribution < 1.29 is 13.2 Å². The number of sulfonamides is 1. The summed E-state index contributed by atoms with van der Waals surface area (Å²) in [4.78, 5) is 0.142. The largest absolute Gasteiger partial charge is 0.495 e. The van der Waals surface area contributed by atoms with Crippen molar-refractivity contribution >= 4 is 21.6 Å². The summed E-state index contributed by atoms with van der Waals surface area (Å²) in [5.74, 6) is 1.88. The molecule has 1 aliphatic heterocycles. The smallest absolute Gasteiger partial charge is 0.243 e. The second-order valence-electron chi connectivity index (χ2n) is 4.95. The van der Waals surface area contributed by atoms with Gasteiger partial charge in [0.25, 0.3) is 0 Å². The highest BCUT2D eigenvalue weighted by Crippen LogP contribution is 2.29. The van der Waals surface area contributed by atoms with Crippen LogP contribution in [0.3, 0.4) is 0 Å². The van der Waals surface area contributed by atoms with Crippen LogP contribution in [-0.4, -0.2) is 41.1 Å². The van der Waals surface area contributed by atoms with Crippen LogP contribution >= 0.6 is 11.6 Å². The van der Waals surface area contributed by atoms with Crippen LogP contribution in [0, 0.1) is 6.92 Å². The van der Waals surface area contributed by atoms with E-state index in [0.29, 0.717) is 24.7 Å². The van der Waals surface area contributed by atoms with Crippen LogP contribution < -0.4 is 4.74 Å². The molecule has 118 valence electrons. The summed E-state index contributed by atoms with van der Waals surface area (Å²) in [7, 11) is -2.15. The van der Waals surface area contributed by atoms with Crippen molar-refractivity contribution in [2.75, 3.05) is 13.7 Å². The van der Waals surface area contributed by atoms with Gasteiger partial charge in [-0.3, -0.25) is 0 Å². The first-order chi connectivity index (χ1) is 10.4. The Morgan fingerprint density at radius 3 is 2.73 bits per heavy atom. The monoisotopic (exact) mass is 342 g/mol. The van der Waals surface area contributed by atoms with Crippen molar-refractivity contribution in [3.05, 3.63) is 34.9 Å². The van der Waals surface area contributed by atoms with Crippen LogP contribution in [0.5, 0.6) is 5.75 Å². The van der Waals surface area contributed by atoms with Gasteiger partial charge in [0.15, 0.2) is 0 Å². The Kier molecular flexibility index (Phi) is 3.84. The van der Waals surface area contributed by atoms with Gasteiger partial charge in [-0.15, -0.1) is 10.2 Å². The molecule has 0 aliphatic carbocycles. The second-order valence-corrected chi connectivity index (χ2v) is 7.30. The highest BCUT2D eigenvalue weighted by atomic mass is 35.5. The fraction of sp³-hybridized carbons (Fsp3) is 0.385. The minimum atomic E-state index is -3.63. The maximum absolute atomic E-state index is 12.7. The highest BCUT2D eigenvalue weighted by molar-refractivity contribution is 7.89. The van der Waals surface area contributed by atoms with E-state index in [1.54, 1.807) is 6.07 Å². The predicted octanol–water partition coefficient (Wildman–Crippen LogP) is 1.45. The molecule has 0 spiro atoms. The third-order valence-electron chi connectivity index (χ3n) is 3.66. The summed E-state index contributed by atoms with van der Waals surface area (Å²) < 4.78 is 33.8. The summed E-state index contributed by atoms with van der Waals surface area (Å²) in [5.41, 5.74) is 0. The van der Waals surface area contributed by atoms with Crippen molar-refractivity contribution in [1.29, 1.82) is 0 Å². The molecular formula is C13H15ClN4O3S. The molecule has 0 N–H and O–H groups in total. The molecule has 1 aliphatic rings. The predicted molar refractivity (Wildman–Crippen MR) is 80.4 cm³/mol. The van der Waals surface area contributed by atoms with E-state index in [0.717, 1.165) is 5.82 Å². The Balaban J connectivity index is 1.92. The zero-order valence-corrected chi connectivity index (χ0v) is 13.7. The van der Waals surface area contributed by atoms with Crippen molar-refractivity contribution in [1.82, 2.24) is 19.1 Å². The van der Waals surface area contributed by atoms with E-state index in [1.807, 2.05) is 11.5 Å². The van der Waals surface area contributed by atoms with E-state index in [9.17, 15) is 8.42 Å². The number of nitrogens with zero attached hydrogens (tertiary/aromatic N) is 4. The lowest BCUT2D eigenvalue weighted by Crippen LogP contribution is -2.38. The Morgan fingerprint density at radius 2 is 2.05 bits per heavy atom. The molecule has 2 heterocycles. The lowest BCUT2D eigenvalue weighted by atomic mass is 10.3. The zero-order valence-electron chi connectivity index (χ0n) is 12.2. The van der Waals surface area contributed by atoms with E-state index in [2.05, 4.69) is 10.2 Å². The van der Waals surface area contributed by atoms with Crippen LogP contribution in [0.4, 0.5) is 0 Å². The number of aryl methyl sites for hydroxylation is 1. The van der Waals surface area contributed by atoms with Gasteiger partial charge in [0.1, 0.15) is 17.4 Å². The van der Waals surface area contributed by atoms with E-state index < -0.39 is 10.0 Å². The van der Waals surface area contributed by atoms with Gasteiger partial charge in [-0.1, -0.05) is 11.6 Å². The van der Waals surface area contributed by atoms with E-state index >= 15 is 0 Å². The first-order valence-electron chi connectivity index (χ1n) is 6.66. The number of hydrogen-bond acceptors (Lipinski definition) is 5. The van der Waals surface area contributed by atoms with Crippen LogP contribution in [-0.2, 0) is 23.1 Å². The van der Waals surface area contributed by atoms with Crippen LogP contribution in [0.1, 0.15) is 11.6 Å². The molecule has 0 amide bonds. The van der Waals surface area contributed by atoms with Crippen molar-refractivity contribution in [2.45, 2.75) is 24.9 Å². The Bertz CT molecular complexity index is 819. The normalized spacial score (nSPS) is 15.6. The molecular weight excluding hydrogens is 328 g/mol. The second kappa shape index (κ2) is 5.53. The fourth-order valence-electron chi connectivity index (χ4n) is 2.44. The van der Waals surface area contributed by atoms with Crippen LogP contribution in [0.25, 0.3) is 0 Å². The fourth-order valence-corrected chi connectivity index (χ4v) is 4.18. The molecule has 0 bridgehead atoms. The Labute approximate surface area is 133 Å². The summed E-state index contributed by atoms with van der Waals surface area (Å²) in [5, 5.41) is 8.26. The molecule has 9 heteroatoms. The lowest BCUT2D eigenvalue weighted by Gasteiger charge is -2.27. The minimum absolute atomic E-state index is 0.142. The molecule has 0 saturated carbocycles. The van der Waals surface area contributed by atoms with E-state index in [-0.39, 0.29) is 16.5 Å². The Morgan fingerprint density at radius 1 is 1.27 bits per heavy atom. The first-order valence-corrected chi connectivity index (χ1v) is 8.47. The molecule has 0 radical (unpaired) electrons. The SMILES string of the molecule is COc1ccc(S(=O)(=O)N2CCn3c(C)nnc3C2)cc1Cl. The lowest BCUT2D eigenvalue weighted by molar-refractivity contribution is 0.333. The third kappa shape index (κ3) is 2.47. The number of ether oxygens (including phenoxy) is 1. The molecule has 0 atom stereocenters. The maximum Gasteiger partial charge on any atom is 0.243 e. The number of hydrogen-bond donors (Lipinski definition) is 0. The van der Waals surface area contributed by atoms with Gasteiger partial charge >= 0.3 is 0 Å². The quantitative estimate of drug-likeness (QED) is 0.843. The van der Waals surface area contributed by atoms with Gasteiger partial charge in [-0.25, -0.2) is 8.42 Å². The molecule has 0 saturated heterocycles. The van der Waals surface area contributed by atoms with Crippen molar-refractivity contribution in [2.24, 2.45) is 0 Å². The molecule has 1 aromatic heterocycles. The highest BCUT2D eigenvalue weighted by Gasteiger charge is 2.30. The van der Waals surface area contributed by atoms with Crippen molar-refractivity contribution in [3.8, 4) is 5.75 Å². The zero-order chi connectivity index (χ0) is 15.9. The number of benzene rings is 1. The number of rotatable bonds is 3. The average molecular weight is 343 g/mol. The maximum atomic E-state index is 12.7. The average Bonchev–Trinajstić information content (AvgIpc) is 2.88. The van der Waals surface area contributed by atoms with Gasteiger partial charge in [0, 0.05) is 13.1 Å². The summed E-state index contributed by atoms with van der Waals surface area (Å²) in [6.07, 6.45) is 0. The number of fused-ring (bicyclic) bond motifs is 1. The number of halogens is 1. The van der Waals surface area contributed by atoms with Gasteiger partial charge in [-0.2, -0.15) is 4.31 Å². The minimum Gasteiger partial charge on any atom is -0.495 e. The number of methoxy groups -OCH3 is 1. The van der Waals surface area contributed by atoms with Crippen LogP contribution in [0.2, 0.25) is 5.02 Å². The van der Waals surface area contributed by atoms with E-state index in [1.165, 1.54) is 23.5 Å².